The summed E-state index contributed by atoms with van der Waals surface area (Å²) in [6, 6.07) is 11.8. The highest BCUT2D eigenvalue weighted by Crippen LogP contribution is 2.23. The van der Waals surface area contributed by atoms with Crippen molar-refractivity contribution in [3.8, 4) is 11.3 Å². The largest absolute Gasteiger partial charge is 0.353 e. The molecule has 1 atom stereocenters. The maximum Gasteiger partial charge on any atom is 0.272 e. The van der Waals surface area contributed by atoms with Crippen LogP contribution in [-0.4, -0.2) is 45.0 Å². The minimum Gasteiger partial charge on any atom is -0.353 e. The van der Waals surface area contributed by atoms with E-state index in [0.717, 1.165) is 19.5 Å². The van der Waals surface area contributed by atoms with Crippen molar-refractivity contribution >= 4 is 11.7 Å². The van der Waals surface area contributed by atoms with Crippen LogP contribution in [-0.2, 0) is 6.54 Å². The Morgan fingerprint density at radius 1 is 1.21 bits per heavy atom. The molecule has 144 valence electrons. The van der Waals surface area contributed by atoms with Crippen LogP contribution in [0, 0.1) is 5.82 Å². The van der Waals surface area contributed by atoms with Crippen LogP contribution in [0.25, 0.3) is 11.3 Å². The number of carbonyl (C=O) groups excluding carboxylic acids is 1. The summed E-state index contributed by atoms with van der Waals surface area (Å²) in [4.78, 5) is 14.4. The molecule has 1 aromatic carbocycles. The summed E-state index contributed by atoms with van der Waals surface area (Å²) in [5, 5.41) is 15.7. The summed E-state index contributed by atoms with van der Waals surface area (Å²) in [5.41, 5.74) is 1.35. The Morgan fingerprint density at radius 2 is 2.07 bits per heavy atom. The molecule has 1 N–H and O–H groups in total. The molecule has 1 fully saturated rings. The third kappa shape index (κ3) is 3.71. The second-order valence-corrected chi connectivity index (χ2v) is 6.72. The number of carbonyl (C=O) groups is 1. The van der Waals surface area contributed by atoms with E-state index in [1.807, 2.05) is 13.0 Å². The Morgan fingerprint density at radius 3 is 2.79 bits per heavy atom. The lowest BCUT2D eigenvalue weighted by Gasteiger charge is -2.17. The average molecular weight is 380 g/mol. The average Bonchev–Trinajstić information content (AvgIpc) is 3.38. The van der Waals surface area contributed by atoms with E-state index in [9.17, 15) is 9.18 Å². The van der Waals surface area contributed by atoms with Gasteiger partial charge in [0.1, 0.15) is 11.5 Å². The molecule has 1 aliphatic rings. The number of aromatic nitrogens is 4. The molecular weight excluding hydrogens is 359 g/mol. The molecule has 0 aliphatic carbocycles. The SMILES string of the molecule is CCn1ccc(C(=O)N[C@@H]2CCN(c3ccc(-c4ccccc4F)nn3)C2)n1. The molecule has 3 heterocycles. The van der Waals surface area contributed by atoms with E-state index in [4.69, 9.17) is 0 Å². The quantitative estimate of drug-likeness (QED) is 0.736. The predicted octanol–water partition coefficient (Wildman–Crippen LogP) is 2.51. The Hall–Kier alpha value is -3.29. The summed E-state index contributed by atoms with van der Waals surface area (Å²) < 4.78 is 15.6. The van der Waals surface area contributed by atoms with Gasteiger partial charge in [0.25, 0.3) is 5.91 Å². The van der Waals surface area contributed by atoms with E-state index in [0.29, 0.717) is 29.3 Å². The summed E-state index contributed by atoms with van der Waals surface area (Å²) in [6.45, 7) is 4.12. The molecule has 0 saturated carbocycles. The van der Waals surface area contributed by atoms with Gasteiger partial charge in [0, 0.05) is 37.4 Å². The zero-order valence-corrected chi connectivity index (χ0v) is 15.5. The minimum absolute atomic E-state index is 0.0207. The van der Waals surface area contributed by atoms with Crippen molar-refractivity contribution in [2.75, 3.05) is 18.0 Å². The molecule has 28 heavy (non-hydrogen) atoms. The third-order valence-corrected chi connectivity index (χ3v) is 4.85. The van der Waals surface area contributed by atoms with E-state index >= 15 is 0 Å². The highest BCUT2D eigenvalue weighted by molar-refractivity contribution is 5.92. The number of hydrogen-bond acceptors (Lipinski definition) is 5. The molecule has 0 radical (unpaired) electrons. The second kappa shape index (κ2) is 7.75. The van der Waals surface area contributed by atoms with Crippen molar-refractivity contribution in [2.45, 2.75) is 25.9 Å². The monoisotopic (exact) mass is 380 g/mol. The summed E-state index contributed by atoms with van der Waals surface area (Å²) in [7, 11) is 0. The van der Waals surface area contributed by atoms with Crippen LogP contribution in [0.4, 0.5) is 10.2 Å². The van der Waals surface area contributed by atoms with Crippen molar-refractivity contribution in [3.05, 3.63) is 60.2 Å². The minimum atomic E-state index is -0.320. The van der Waals surface area contributed by atoms with Gasteiger partial charge in [0.2, 0.25) is 0 Å². The van der Waals surface area contributed by atoms with Gasteiger partial charge >= 0.3 is 0 Å². The third-order valence-electron chi connectivity index (χ3n) is 4.85. The molecule has 1 saturated heterocycles. The van der Waals surface area contributed by atoms with Crippen molar-refractivity contribution in [1.29, 1.82) is 0 Å². The van der Waals surface area contributed by atoms with Gasteiger partial charge in [-0.15, -0.1) is 10.2 Å². The zero-order valence-electron chi connectivity index (χ0n) is 15.5. The Bertz CT molecular complexity index is 971. The van der Waals surface area contributed by atoms with E-state index in [2.05, 4.69) is 25.5 Å². The molecule has 0 bridgehead atoms. The number of halogens is 1. The van der Waals surface area contributed by atoms with Gasteiger partial charge < -0.3 is 10.2 Å². The normalized spacial score (nSPS) is 16.4. The van der Waals surface area contributed by atoms with Crippen molar-refractivity contribution in [1.82, 2.24) is 25.3 Å². The number of nitrogens with zero attached hydrogens (tertiary/aromatic N) is 5. The lowest BCUT2D eigenvalue weighted by Crippen LogP contribution is -2.37. The maximum atomic E-state index is 13.9. The number of nitrogens with one attached hydrogen (secondary N) is 1. The highest BCUT2D eigenvalue weighted by Gasteiger charge is 2.26. The number of aryl methyl sites for hydroxylation is 1. The van der Waals surface area contributed by atoms with Crippen LogP contribution < -0.4 is 10.2 Å². The topological polar surface area (TPSA) is 75.9 Å². The molecule has 0 spiro atoms. The first kappa shape index (κ1) is 18.1. The fourth-order valence-corrected chi connectivity index (χ4v) is 3.31. The summed E-state index contributed by atoms with van der Waals surface area (Å²) in [6.07, 6.45) is 2.61. The number of anilines is 1. The number of benzene rings is 1. The van der Waals surface area contributed by atoms with Gasteiger partial charge in [-0.25, -0.2) is 4.39 Å². The van der Waals surface area contributed by atoms with Crippen LogP contribution in [0.15, 0.2) is 48.7 Å². The fourth-order valence-electron chi connectivity index (χ4n) is 3.31. The van der Waals surface area contributed by atoms with E-state index < -0.39 is 0 Å². The fraction of sp³-hybridized carbons (Fsp3) is 0.300. The Balaban J connectivity index is 1.39. The van der Waals surface area contributed by atoms with Gasteiger partial charge in [0.15, 0.2) is 5.82 Å². The predicted molar refractivity (Wildman–Crippen MR) is 103 cm³/mol. The first-order chi connectivity index (χ1) is 13.6. The van der Waals surface area contributed by atoms with E-state index in [1.165, 1.54) is 6.07 Å². The van der Waals surface area contributed by atoms with Crippen LogP contribution in [0.1, 0.15) is 23.8 Å². The number of amides is 1. The standard InChI is InChI=1S/C20H21FN6O/c1-2-27-12-10-18(25-27)20(28)22-14-9-11-26(13-14)19-8-7-17(23-24-19)15-5-3-4-6-16(15)21/h3-8,10,12,14H,2,9,11,13H2,1H3,(H,22,28)/t14-/m1/s1. The van der Waals surface area contributed by atoms with Crippen molar-refractivity contribution < 1.29 is 9.18 Å². The van der Waals surface area contributed by atoms with Crippen LogP contribution in [0.2, 0.25) is 0 Å². The van der Waals surface area contributed by atoms with Crippen LogP contribution >= 0.6 is 0 Å². The smallest absolute Gasteiger partial charge is 0.272 e. The second-order valence-electron chi connectivity index (χ2n) is 6.72. The zero-order chi connectivity index (χ0) is 19.5. The van der Waals surface area contributed by atoms with Gasteiger partial charge in [-0.05, 0) is 43.7 Å². The summed E-state index contributed by atoms with van der Waals surface area (Å²) in [5.74, 6) is 0.228. The first-order valence-electron chi connectivity index (χ1n) is 9.32. The molecule has 1 amide bonds. The van der Waals surface area contributed by atoms with Gasteiger partial charge in [-0.1, -0.05) is 12.1 Å². The lowest BCUT2D eigenvalue weighted by molar-refractivity contribution is 0.0934. The maximum absolute atomic E-state index is 13.9. The number of hydrogen-bond donors (Lipinski definition) is 1. The van der Waals surface area contributed by atoms with Crippen molar-refractivity contribution in [3.63, 3.8) is 0 Å². The molecule has 2 aromatic heterocycles. The molecular formula is C20H21FN6O. The van der Waals surface area contributed by atoms with E-state index in [-0.39, 0.29) is 17.8 Å². The van der Waals surface area contributed by atoms with Gasteiger partial charge in [-0.2, -0.15) is 5.10 Å². The number of rotatable bonds is 5. The Labute approximate surface area is 162 Å². The van der Waals surface area contributed by atoms with Crippen LogP contribution in [0.3, 0.4) is 0 Å². The molecule has 0 unspecified atom stereocenters. The first-order valence-corrected chi connectivity index (χ1v) is 9.32. The van der Waals surface area contributed by atoms with Crippen molar-refractivity contribution in [2.24, 2.45) is 0 Å². The molecule has 8 heteroatoms. The molecule has 3 aromatic rings. The van der Waals surface area contributed by atoms with Crippen LogP contribution in [0.5, 0.6) is 0 Å². The Kier molecular flexibility index (Phi) is 5.01. The van der Waals surface area contributed by atoms with Gasteiger partial charge in [0.05, 0.1) is 5.69 Å². The summed E-state index contributed by atoms with van der Waals surface area (Å²) >= 11 is 0. The lowest BCUT2D eigenvalue weighted by atomic mass is 10.1. The highest BCUT2D eigenvalue weighted by atomic mass is 19.1. The molecule has 1 aliphatic heterocycles. The van der Waals surface area contributed by atoms with E-state index in [1.54, 1.807) is 41.2 Å². The molecule has 4 rings (SSSR count). The molecule has 7 nitrogen and oxygen atoms in total. The van der Waals surface area contributed by atoms with Gasteiger partial charge in [-0.3, -0.25) is 9.48 Å².